The highest BCUT2D eigenvalue weighted by Gasteiger charge is 2.22. The van der Waals surface area contributed by atoms with Crippen LogP contribution in [0.4, 0.5) is 0 Å². The van der Waals surface area contributed by atoms with Crippen molar-refractivity contribution < 1.29 is 9.53 Å². The van der Waals surface area contributed by atoms with E-state index in [2.05, 4.69) is 28.8 Å². The second-order valence-corrected chi connectivity index (χ2v) is 6.44. The van der Waals surface area contributed by atoms with Gasteiger partial charge in [0.25, 0.3) is 0 Å². The van der Waals surface area contributed by atoms with Crippen LogP contribution in [0.25, 0.3) is 27.4 Å². The highest BCUT2D eigenvalue weighted by molar-refractivity contribution is 6.17. The van der Waals surface area contributed by atoms with Crippen molar-refractivity contribution >= 4 is 27.5 Å². The Morgan fingerprint density at radius 1 is 0.962 bits per heavy atom. The topological polar surface area (TPSA) is 31.2 Å². The number of ketones is 1. The maximum atomic E-state index is 12.5. The maximum absolute atomic E-state index is 12.5. The number of carbonyl (C=O) groups is 1. The largest absolute Gasteiger partial charge is 0.493 e. The van der Waals surface area contributed by atoms with E-state index in [1.54, 1.807) is 6.92 Å². The Labute approximate surface area is 152 Å². The molecule has 0 fully saturated rings. The van der Waals surface area contributed by atoms with Crippen LogP contribution in [0.2, 0.25) is 0 Å². The van der Waals surface area contributed by atoms with E-state index in [9.17, 15) is 4.79 Å². The molecule has 0 spiro atoms. The molecule has 0 saturated heterocycles. The summed E-state index contributed by atoms with van der Waals surface area (Å²) in [5.41, 5.74) is 3.82. The first-order valence-corrected chi connectivity index (χ1v) is 8.89. The summed E-state index contributed by atoms with van der Waals surface area (Å²) < 4.78 is 8.08. The molecule has 4 aromatic rings. The number of hydrogen-bond acceptors (Lipinski definition) is 2. The van der Waals surface area contributed by atoms with Crippen molar-refractivity contribution in [2.45, 2.75) is 20.8 Å². The lowest BCUT2D eigenvalue weighted by Gasteiger charge is -2.13. The zero-order chi connectivity index (χ0) is 18.3. The smallest absolute Gasteiger partial charge is 0.162 e. The molecule has 0 radical (unpaired) electrons. The van der Waals surface area contributed by atoms with Gasteiger partial charge in [-0.25, -0.2) is 0 Å². The second kappa shape index (κ2) is 6.34. The van der Waals surface area contributed by atoms with E-state index >= 15 is 0 Å². The van der Waals surface area contributed by atoms with E-state index in [0.29, 0.717) is 6.61 Å². The Balaban J connectivity index is 2.24. The highest BCUT2D eigenvalue weighted by atomic mass is 16.5. The lowest BCUT2D eigenvalue weighted by atomic mass is 10.0. The number of hydrogen-bond donors (Lipinski definition) is 0. The number of aromatic nitrogens is 1. The number of Topliss-reactive ketones (excluding diaryl/α,β-unsaturated/α-hetero) is 1. The monoisotopic (exact) mass is 343 g/mol. The molecule has 0 aliphatic rings. The second-order valence-electron chi connectivity index (χ2n) is 6.44. The fourth-order valence-corrected chi connectivity index (χ4v) is 3.85. The third-order valence-electron chi connectivity index (χ3n) is 4.83. The molecule has 0 aliphatic heterocycles. The van der Waals surface area contributed by atoms with Crippen molar-refractivity contribution in [1.29, 1.82) is 0 Å². The van der Waals surface area contributed by atoms with Crippen molar-refractivity contribution in [3.63, 3.8) is 0 Å². The molecule has 26 heavy (non-hydrogen) atoms. The van der Waals surface area contributed by atoms with Gasteiger partial charge in [0.05, 0.1) is 12.1 Å². The number of carbonyl (C=O) groups excluding carboxylic acids is 1. The first kappa shape index (κ1) is 16.4. The van der Waals surface area contributed by atoms with Crippen molar-refractivity contribution in [3.8, 4) is 11.4 Å². The lowest BCUT2D eigenvalue weighted by Crippen LogP contribution is -1.99. The molecule has 130 valence electrons. The van der Waals surface area contributed by atoms with Gasteiger partial charge in [-0.15, -0.1) is 0 Å². The molecule has 0 N–H and O–H groups in total. The molecule has 4 rings (SSSR count). The van der Waals surface area contributed by atoms with Crippen molar-refractivity contribution in [3.05, 3.63) is 71.9 Å². The molecule has 1 heterocycles. The summed E-state index contributed by atoms with van der Waals surface area (Å²) in [6.07, 6.45) is 0. The first-order valence-electron chi connectivity index (χ1n) is 8.89. The molecule has 0 saturated carbocycles. The van der Waals surface area contributed by atoms with Crippen LogP contribution in [0.5, 0.6) is 5.75 Å². The Morgan fingerprint density at radius 2 is 1.62 bits per heavy atom. The van der Waals surface area contributed by atoms with Crippen LogP contribution in [0.1, 0.15) is 29.9 Å². The lowest BCUT2D eigenvalue weighted by molar-refractivity contribution is 0.101. The predicted molar refractivity (Wildman–Crippen MR) is 107 cm³/mol. The summed E-state index contributed by atoms with van der Waals surface area (Å²) in [5, 5.41) is 3.10. The molecule has 3 heteroatoms. The van der Waals surface area contributed by atoms with Gasteiger partial charge in [-0.1, -0.05) is 42.5 Å². The third kappa shape index (κ3) is 2.39. The van der Waals surface area contributed by atoms with Crippen LogP contribution in [0.3, 0.4) is 0 Å². The Morgan fingerprint density at radius 3 is 2.27 bits per heavy atom. The fraction of sp³-hybridized carbons (Fsp3) is 0.174. The minimum Gasteiger partial charge on any atom is -0.493 e. The number of benzene rings is 3. The Hall–Kier alpha value is -3.07. The van der Waals surface area contributed by atoms with E-state index in [1.165, 1.54) is 0 Å². The van der Waals surface area contributed by atoms with Gasteiger partial charge in [0.2, 0.25) is 0 Å². The average Bonchev–Trinajstić information content (AvgIpc) is 2.95. The zero-order valence-electron chi connectivity index (χ0n) is 15.2. The molecular formula is C23H21NO2. The van der Waals surface area contributed by atoms with Gasteiger partial charge in [0.1, 0.15) is 5.75 Å². The quantitative estimate of drug-likeness (QED) is 0.446. The summed E-state index contributed by atoms with van der Waals surface area (Å²) in [6.45, 7) is 6.21. The van der Waals surface area contributed by atoms with Crippen LogP contribution in [-0.4, -0.2) is 17.0 Å². The van der Waals surface area contributed by atoms with Crippen LogP contribution in [0.15, 0.2) is 60.7 Å². The van der Waals surface area contributed by atoms with E-state index in [-0.39, 0.29) is 5.78 Å². The first-order chi connectivity index (χ1) is 12.6. The summed E-state index contributed by atoms with van der Waals surface area (Å²) in [6, 6.07) is 20.4. The molecule has 1 aromatic heterocycles. The molecule has 3 nitrogen and oxygen atoms in total. The third-order valence-corrected chi connectivity index (χ3v) is 4.83. The Bertz CT molecular complexity index is 1120. The zero-order valence-corrected chi connectivity index (χ0v) is 15.2. The molecule has 0 atom stereocenters. The van der Waals surface area contributed by atoms with Crippen molar-refractivity contribution in [2.75, 3.05) is 6.61 Å². The van der Waals surface area contributed by atoms with Gasteiger partial charge in [-0.3, -0.25) is 4.79 Å². The molecule has 0 bridgehead atoms. The summed E-state index contributed by atoms with van der Waals surface area (Å²) in [4.78, 5) is 12.5. The summed E-state index contributed by atoms with van der Waals surface area (Å²) in [5.74, 6) is 0.892. The van der Waals surface area contributed by atoms with Crippen LogP contribution >= 0.6 is 0 Å². The summed E-state index contributed by atoms with van der Waals surface area (Å²) >= 11 is 0. The van der Waals surface area contributed by atoms with Crippen molar-refractivity contribution in [2.24, 2.45) is 0 Å². The van der Waals surface area contributed by atoms with E-state index in [4.69, 9.17) is 4.74 Å². The molecule has 0 unspecified atom stereocenters. The van der Waals surface area contributed by atoms with Crippen molar-refractivity contribution in [1.82, 2.24) is 4.57 Å². The van der Waals surface area contributed by atoms with Crippen LogP contribution in [0, 0.1) is 6.92 Å². The number of para-hydroxylation sites is 1. The van der Waals surface area contributed by atoms with Crippen LogP contribution < -0.4 is 4.74 Å². The SMILES string of the molecule is CCOc1cc2c(C(C)=O)c(C)n(-c3ccccc3)c2c2ccccc12. The highest BCUT2D eigenvalue weighted by Crippen LogP contribution is 2.39. The van der Waals surface area contributed by atoms with Gasteiger partial charge in [0.15, 0.2) is 5.78 Å². The van der Waals surface area contributed by atoms with E-state index in [1.807, 2.05) is 50.2 Å². The average molecular weight is 343 g/mol. The van der Waals surface area contributed by atoms with Gasteiger partial charge >= 0.3 is 0 Å². The van der Waals surface area contributed by atoms with E-state index < -0.39 is 0 Å². The van der Waals surface area contributed by atoms with E-state index in [0.717, 1.165) is 44.4 Å². The molecule has 0 amide bonds. The van der Waals surface area contributed by atoms with Gasteiger partial charge in [-0.05, 0) is 39.0 Å². The normalized spacial score (nSPS) is 11.2. The number of rotatable bonds is 4. The van der Waals surface area contributed by atoms with Gasteiger partial charge in [-0.2, -0.15) is 0 Å². The number of ether oxygens (including phenoxy) is 1. The molecule has 0 aliphatic carbocycles. The van der Waals surface area contributed by atoms with Gasteiger partial charge in [0, 0.05) is 33.1 Å². The fourth-order valence-electron chi connectivity index (χ4n) is 3.85. The maximum Gasteiger partial charge on any atom is 0.162 e. The van der Waals surface area contributed by atoms with Gasteiger partial charge < -0.3 is 9.30 Å². The minimum absolute atomic E-state index is 0.0694. The number of fused-ring (bicyclic) bond motifs is 3. The molecule has 3 aromatic carbocycles. The Kier molecular flexibility index (Phi) is 4.00. The van der Waals surface area contributed by atoms with Crippen LogP contribution in [-0.2, 0) is 0 Å². The predicted octanol–water partition coefficient (Wildman–Crippen LogP) is 5.69. The number of nitrogens with zero attached hydrogens (tertiary/aromatic N) is 1. The summed E-state index contributed by atoms with van der Waals surface area (Å²) in [7, 11) is 0. The standard InChI is InChI=1S/C23H21NO2/c1-4-26-21-14-20-22(16(3)25)15(2)24(17-10-6-5-7-11-17)23(20)19-13-9-8-12-18(19)21/h5-14H,4H2,1-3H3. The molecular weight excluding hydrogens is 322 g/mol. The minimum atomic E-state index is 0.0694.